The summed E-state index contributed by atoms with van der Waals surface area (Å²) in [6.45, 7) is 4.72. The number of sulfonamides is 1. The standard InChI is InChI=1S/C14H23N3O4S/c1-14(2,8-15)9-17(3)13(18)11-7-10(22(16,19)20)5-6-12(11)21-4/h5-7H,8-9,15H2,1-4H3,(H2,16,19,20). The number of carbonyl (C=O) groups is 1. The van der Waals surface area contributed by atoms with Gasteiger partial charge >= 0.3 is 0 Å². The zero-order valence-corrected chi connectivity index (χ0v) is 14.1. The molecule has 0 saturated carbocycles. The van der Waals surface area contributed by atoms with Gasteiger partial charge in [-0.25, -0.2) is 13.6 Å². The van der Waals surface area contributed by atoms with Crippen molar-refractivity contribution in [3.63, 3.8) is 0 Å². The Morgan fingerprint density at radius 1 is 1.36 bits per heavy atom. The number of ether oxygens (including phenoxy) is 1. The molecule has 0 aliphatic rings. The fraction of sp³-hybridized carbons (Fsp3) is 0.500. The molecule has 0 bridgehead atoms. The molecule has 1 aromatic carbocycles. The Labute approximate surface area is 131 Å². The highest BCUT2D eigenvalue weighted by molar-refractivity contribution is 7.89. The fourth-order valence-corrected chi connectivity index (χ4v) is 2.56. The summed E-state index contributed by atoms with van der Waals surface area (Å²) in [5.41, 5.74) is 5.56. The lowest BCUT2D eigenvalue weighted by Crippen LogP contribution is -2.39. The molecule has 1 amide bonds. The van der Waals surface area contributed by atoms with Crippen LogP contribution >= 0.6 is 0 Å². The third-order valence-electron chi connectivity index (χ3n) is 3.29. The zero-order chi connectivity index (χ0) is 17.1. The summed E-state index contributed by atoms with van der Waals surface area (Å²) in [6.07, 6.45) is 0. The van der Waals surface area contributed by atoms with Crippen LogP contribution in [0.25, 0.3) is 0 Å². The molecular formula is C14H23N3O4S. The van der Waals surface area contributed by atoms with Gasteiger partial charge in [0.15, 0.2) is 0 Å². The van der Waals surface area contributed by atoms with Crippen LogP contribution in [0.15, 0.2) is 23.1 Å². The van der Waals surface area contributed by atoms with Gasteiger partial charge in [0.2, 0.25) is 10.0 Å². The number of hydrogen-bond acceptors (Lipinski definition) is 5. The molecule has 124 valence electrons. The number of nitrogens with zero attached hydrogens (tertiary/aromatic N) is 1. The molecule has 1 aromatic rings. The van der Waals surface area contributed by atoms with E-state index in [1.807, 2.05) is 13.8 Å². The smallest absolute Gasteiger partial charge is 0.257 e. The van der Waals surface area contributed by atoms with Crippen molar-refractivity contribution in [1.82, 2.24) is 4.90 Å². The summed E-state index contributed by atoms with van der Waals surface area (Å²) >= 11 is 0. The van der Waals surface area contributed by atoms with Crippen molar-refractivity contribution in [3.8, 4) is 5.75 Å². The maximum absolute atomic E-state index is 12.6. The van der Waals surface area contributed by atoms with E-state index in [4.69, 9.17) is 15.6 Å². The van der Waals surface area contributed by atoms with E-state index in [0.29, 0.717) is 13.1 Å². The maximum Gasteiger partial charge on any atom is 0.257 e. The highest BCUT2D eigenvalue weighted by Gasteiger charge is 2.25. The average molecular weight is 329 g/mol. The molecule has 8 heteroatoms. The largest absolute Gasteiger partial charge is 0.496 e. The molecule has 1 rings (SSSR count). The van der Waals surface area contributed by atoms with E-state index < -0.39 is 10.0 Å². The lowest BCUT2D eigenvalue weighted by atomic mass is 9.93. The number of amides is 1. The van der Waals surface area contributed by atoms with Crippen molar-refractivity contribution in [2.45, 2.75) is 18.7 Å². The molecule has 0 aliphatic heterocycles. The minimum absolute atomic E-state index is 0.136. The number of primary sulfonamides is 1. The second-order valence-corrected chi connectivity index (χ2v) is 7.50. The molecule has 4 N–H and O–H groups in total. The number of rotatable bonds is 6. The Balaban J connectivity index is 3.21. The zero-order valence-electron chi connectivity index (χ0n) is 13.3. The van der Waals surface area contributed by atoms with Crippen molar-refractivity contribution in [2.24, 2.45) is 16.3 Å². The van der Waals surface area contributed by atoms with Gasteiger partial charge in [0, 0.05) is 13.6 Å². The van der Waals surface area contributed by atoms with Crippen LogP contribution in [-0.2, 0) is 10.0 Å². The summed E-state index contributed by atoms with van der Waals surface area (Å²) in [5.74, 6) is -0.0707. The Bertz CT molecular complexity index is 656. The quantitative estimate of drug-likeness (QED) is 0.783. The first-order valence-corrected chi connectivity index (χ1v) is 8.23. The first kappa shape index (κ1) is 18.4. The SMILES string of the molecule is COc1ccc(S(N)(=O)=O)cc1C(=O)N(C)CC(C)(C)CN. The summed E-state index contributed by atoms with van der Waals surface area (Å²) < 4.78 is 28.0. The average Bonchev–Trinajstić information content (AvgIpc) is 2.44. The molecule has 0 spiro atoms. The second kappa shape index (κ2) is 6.64. The van der Waals surface area contributed by atoms with Crippen LogP contribution in [-0.4, -0.2) is 46.5 Å². The van der Waals surface area contributed by atoms with Gasteiger partial charge < -0.3 is 15.4 Å². The van der Waals surface area contributed by atoms with Gasteiger partial charge in [-0.2, -0.15) is 0 Å². The van der Waals surface area contributed by atoms with E-state index in [-0.39, 0.29) is 27.5 Å². The van der Waals surface area contributed by atoms with Crippen LogP contribution in [0.3, 0.4) is 0 Å². The van der Waals surface area contributed by atoms with E-state index in [1.54, 1.807) is 7.05 Å². The first-order valence-electron chi connectivity index (χ1n) is 6.68. The Morgan fingerprint density at radius 2 is 1.95 bits per heavy atom. The Hall–Kier alpha value is -1.64. The molecular weight excluding hydrogens is 306 g/mol. The molecule has 0 aromatic heterocycles. The van der Waals surface area contributed by atoms with Gasteiger partial charge in [0.25, 0.3) is 5.91 Å². The molecule has 22 heavy (non-hydrogen) atoms. The second-order valence-electron chi connectivity index (χ2n) is 5.94. The molecule has 0 unspecified atom stereocenters. The number of carbonyl (C=O) groups excluding carboxylic acids is 1. The van der Waals surface area contributed by atoms with Crippen molar-refractivity contribution in [2.75, 3.05) is 27.2 Å². The van der Waals surface area contributed by atoms with Gasteiger partial charge in [0.1, 0.15) is 5.75 Å². The van der Waals surface area contributed by atoms with Crippen LogP contribution < -0.4 is 15.6 Å². The van der Waals surface area contributed by atoms with Gasteiger partial charge in [-0.3, -0.25) is 4.79 Å². The minimum atomic E-state index is -3.90. The predicted octanol–water partition coefficient (Wildman–Crippen LogP) is 0.400. The summed E-state index contributed by atoms with van der Waals surface area (Å²) in [6, 6.07) is 3.94. The lowest BCUT2D eigenvalue weighted by molar-refractivity contribution is 0.0737. The fourth-order valence-electron chi connectivity index (χ4n) is 2.02. The monoisotopic (exact) mass is 329 g/mol. The topological polar surface area (TPSA) is 116 Å². The van der Waals surface area contributed by atoms with Crippen LogP contribution in [0.1, 0.15) is 24.2 Å². The van der Waals surface area contributed by atoms with E-state index in [9.17, 15) is 13.2 Å². The van der Waals surface area contributed by atoms with Gasteiger partial charge in [-0.1, -0.05) is 13.8 Å². The van der Waals surface area contributed by atoms with Crippen LogP contribution in [0.2, 0.25) is 0 Å². The molecule has 0 radical (unpaired) electrons. The molecule has 0 atom stereocenters. The predicted molar refractivity (Wildman–Crippen MR) is 84.2 cm³/mol. The van der Waals surface area contributed by atoms with Crippen molar-refractivity contribution >= 4 is 15.9 Å². The maximum atomic E-state index is 12.6. The number of methoxy groups -OCH3 is 1. The van der Waals surface area contributed by atoms with Crippen LogP contribution in [0.5, 0.6) is 5.75 Å². The van der Waals surface area contributed by atoms with E-state index in [0.717, 1.165) is 0 Å². The molecule has 0 aliphatic carbocycles. The normalized spacial score (nSPS) is 12.1. The lowest BCUT2D eigenvalue weighted by Gasteiger charge is -2.29. The van der Waals surface area contributed by atoms with Crippen molar-refractivity contribution < 1.29 is 17.9 Å². The summed E-state index contributed by atoms with van der Waals surface area (Å²) in [4.78, 5) is 13.9. The van der Waals surface area contributed by atoms with Gasteiger partial charge in [-0.15, -0.1) is 0 Å². The summed E-state index contributed by atoms with van der Waals surface area (Å²) in [5, 5.41) is 5.11. The Morgan fingerprint density at radius 3 is 2.41 bits per heavy atom. The van der Waals surface area contributed by atoms with Crippen molar-refractivity contribution in [3.05, 3.63) is 23.8 Å². The number of hydrogen-bond donors (Lipinski definition) is 2. The first-order chi connectivity index (χ1) is 10.0. The van der Waals surface area contributed by atoms with E-state index >= 15 is 0 Å². The molecule has 7 nitrogen and oxygen atoms in total. The summed E-state index contributed by atoms with van der Waals surface area (Å²) in [7, 11) is -0.859. The Kier molecular flexibility index (Phi) is 5.55. The molecule has 0 saturated heterocycles. The van der Waals surface area contributed by atoms with Crippen LogP contribution in [0, 0.1) is 5.41 Å². The number of benzene rings is 1. The minimum Gasteiger partial charge on any atom is -0.496 e. The highest BCUT2D eigenvalue weighted by atomic mass is 32.2. The van der Waals surface area contributed by atoms with E-state index in [2.05, 4.69) is 0 Å². The number of nitrogens with two attached hydrogens (primary N) is 2. The van der Waals surface area contributed by atoms with E-state index in [1.165, 1.54) is 30.2 Å². The third kappa shape index (κ3) is 4.43. The van der Waals surface area contributed by atoms with Gasteiger partial charge in [0.05, 0.1) is 17.6 Å². The molecule has 0 fully saturated rings. The highest BCUT2D eigenvalue weighted by Crippen LogP contribution is 2.24. The van der Waals surface area contributed by atoms with Crippen LogP contribution in [0.4, 0.5) is 0 Å². The van der Waals surface area contributed by atoms with Gasteiger partial charge in [-0.05, 0) is 30.2 Å². The molecule has 0 heterocycles. The third-order valence-corrected chi connectivity index (χ3v) is 4.21. The van der Waals surface area contributed by atoms with Crippen molar-refractivity contribution in [1.29, 1.82) is 0 Å².